The third kappa shape index (κ3) is 5.33. The van der Waals surface area contributed by atoms with Crippen LogP contribution >= 0.6 is 0 Å². The molecule has 0 bridgehead atoms. The maximum atomic E-state index is 11.5. The van der Waals surface area contributed by atoms with Crippen LogP contribution in [0.15, 0.2) is 36.4 Å². The average Bonchev–Trinajstić information content (AvgIpc) is 3.58. The summed E-state index contributed by atoms with van der Waals surface area (Å²) in [5, 5.41) is 13.4. The molecule has 5 heterocycles. The molecule has 208 valence electrons. The first-order chi connectivity index (χ1) is 19.3. The molecule has 1 atom stereocenters. The van der Waals surface area contributed by atoms with Gasteiger partial charge in [0.05, 0.1) is 29.3 Å². The molecule has 0 spiro atoms. The van der Waals surface area contributed by atoms with Crippen molar-refractivity contribution >= 4 is 17.4 Å². The summed E-state index contributed by atoms with van der Waals surface area (Å²) < 4.78 is 8.21. The van der Waals surface area contributed by atoms with Gasteiger partial charge >= 0.3 is 0 Å². The molecule has 0 saturated carbocycles. The lowest BCUT2D eigenvalue weighted by Gasteiger charge is -2.33. The van der Waals surface area contributed by atoms with E-state index in [1.165, 1.54) is 0 Å². The molecule has 2 fully saturated rings. The Morgan fingerprint density at radius 3 is 2.42 bits per heavy atom. The van der Waals surface area contributed by atoms with E-state index in [2.05, 4.69) is 59.3 Å². The largest absolute Gasteiger partial charge is 0.485 e. The van der Waals surface area contributed by atoms with E-state index in [1.807, 2.05) is 37.8 Å². The van der Waals surface area contributed by atoms with Gasteiger partial charge in [-0.3, -0.25) is 9.69 Å². The first kappa shape index (κ1) is 26.1. The predicted octanol–water partition coefficient (Wildman–Crippen LogP) is 2.83. The van der Waals surface area contributed by atoms with E-state index in [-0.39, 0.29) is 12.0 Å². The zero-order valence-electron chi connectivity index (χ0n) is 23.5. The van der Waals surface area contributed by atoms with Gasteiger partial charge in [0.15, 0.2) is 5.75 Å². The molecule has 2 aliphatic heterocycles. The summed E-state index contributed by atoms with van der Waals surface area (Å²) in [6.07, 6.45) is 1.01. The summed E-state index contributed by atoms with van der Waals surface area (Å²) in [7, 11) is 0. The molecule has 2 aliphatic rings. The van der Waals surface area contributed by atoms with Gasteiger partial charge < -0.3 is 14.5 Å². The van der Waals surface area contributed by atoms with Crippen molar-refractivity contribution in [2.75, 3.05) is 44.2 Å². The number of aromatic nitrogens is 6. The fraction of sp³-hybridized carbons (Fsp3) is 0.448. The van der Waals surface area contributed by atoms with E-state index in [1.54, 1.807) is 11.4 Å². The van der Waals surface area contributed by atoms with Gasteiger partial charge in [-0.15, -0.1) is 5.10 Å². The summed E-state index contributed by atoms with van der Waals surface area (Å²) in [6, 6.07) is 12.6. The van der Waals surface area contributed by atoms with Crippen molar-refractivity contribution in [3.63, 3.8) is 0 Å². The average molecular weight is 542 g/mol. The Labute approximate surface area is 233 Å². The minimum absolute atomic E-state index is 0.0739. The fourth-order valence-corrected chi connectivity index (χ4v) is 5.55. The van der Waals surface area contributed by atoms with Crippen LogP contribution < -0.4 is 9.64 Å². The van der Waals surface area contributed by atoms with E-state index in [9.17, 15) is 4.79 Å². The maximum Gasteiger partial charge on any atom is 0.253 e. The van der Waals surface area contributed by atoms with Crippen LogP contribution in [-0.2, 0) is 11.3 Å². The van der Waals surface area contributed by atoms with Crippen molar-refractivity contribution < 1.29 is 9.53 Å². The number of amides is 1. The van der Waals surface area contributed by atoms with Crippen molar-refractivity contribution in [1.29, 1.82) is 0 Å². The number of benzene rings is 1. The fourth-order valence-electron chi connectivity index (χ4n) is 5.55. The second-order valence-electron chi connectivity index (χ2n) is 10.7. The van der Waals surface area contributed by atoms with Gasteiger partial charge in [0.2, 0.25) is 5.91 Å². The van der Waals surface area contributed by atoms with E-state index in [0.717, 1.165) is 92.0 Å². The Morgan fingerprint density at radius 2 is 1.73 bits per heavy atom. The SMILES string of the molecule is CC(=O)N1CCN(Cc2ccc(-c3ccc(N4CCC(Oc5c(C)nc6nc(C)nn6c5C)C4)cc3)nn2)CC1. The summed E-state index contributed by atoms with van der Waals surface area (Å²) >= 11 is 0. The highest BCUT2D eigenvalue weighted by atomic mass is 16.5. The molecule has 0 aliphatic carbocycles. The van der Waals surface area contributed by atoms with Crippen LogP contribution in [0.1, 0.15) is 36.3 Å². The van der Waals surface area contributed by atoms with Gasteiger partial charge in [-0.25, -0.2) is 4.98 Å². The number of carbonyl (C=O) groups is 1. The zero-order chi connectivity index (χ0) is 27.8. The van der Waals surface area contributed by atoms with Gasteiger partial charge in [-0.2, -0.15) is 19.7 Å². The smallest absolute Gasteiger partial charge is 0.253 e. The Morgan fingerprint density at radius 1 is 0.950 bits per heavy atom. The second-order valence-corrected chi connectivity index (χ2v) is 10.7. The van der Waals surface area contributed by atoms with Crippen molar-refractivity contribution in [1.82, 2.24) is 39.6 Å². The number of nitrogens with zero attached hydrogens (tertiary/aromatic N) is 9. The Kier molecular flexibility index (Phi) is 7.05. The highest BCUT2D eigenvalue weighted by Gasteiger charge is 2.26. The van der Waals surface area contributed by atoms with Gasteiger partial charge in [-0.05, 0) is 45.0 Å². The first-order valence-electron chi connectivity index (χ1n) is 13.9. The normalized spacial score (nSPS) is 18.1. The number of carbonyl (C=O) groups excluding carboxylic acids is 1. The van der Waals surface area contributed by atoms with Crippen LogP contribution in [0.4, 0.5) is 5.69 Å². The monoisotopic (exact) mass is 541 g/mol. The summed E-state index contributed by atoms with van der Waals surface area (Å²) in [5.74, 6) is 2.24. The first-order valence-corrected chi connectivity index (χ1v) is 13.9. The number of fused-ring (bicyclic) bond motifs is 1. The summed E-state index contributed by atoms with van der Waals surface area (Å²) in [6.45, 7) is 13.2. The minimum Gasteiger partial charge on any atom is -0.485 e. The Hall–Kier alpha value is -4.12. The molecule has 2 saturated heterocycles. The van der Waals surface area contributed by atoms with Gasteiger partial charge in [0, 0.05) is 63.9 Å². The second kappa shape index (κ2) is 10.8. The molecule has 11 nitrogen and oxygen atoms in total. The molecular weight excluding hydrogens is 506 g/mol. The molecule has 1 amide bonds. The van der Waals surface area contributed by atoms with E-state index < -0.39 is 0 Å². The number of aryl methyl sites for hydroxylation is 3. The number of ether oxygens (including phenoxy) is 1. The highest BCUT2D eigenvalue weighted by Crippen LogP contribution is 2.29. The van der Waals surface area contributed by atoms with Crippen LogP contribution in [0, 0.1) is 20.8 Å². The molecule has 11 heteroatoms. The quantitative estimate of drug-likeness (QED) is 0.364. The molecule has 3 aromatic heterocycles. The number of hydrogen-bond acceptors (Lipinski definition) is 9. The molecule has 1 unspecified atom stereocenters. The van der Waals surface area contributed by atoms with Crippen LogP contribution in [-0.4, -0.2) is 90.9 Å². The van der Waals surface area contributed by atoms with Crippen LogP contribution in [0.2, 0.25) is 0 Å². The number of hydrogen-bond donors (Lipinski definition) is 0. The number of piperazine rings is 1. The summed E-state index contributed by atoms with van der Waals surface area (Å²) in [5.41, 5.74) is 5.77. The van der Waals surface area contributed by atoms with E-state index in [4.69, 9.17) is 4.74 Å². The molecule has 6 rings (SSSR count). The van der Waals surface area contributed by atoms with Gasteiger partial charge in [-0.1, -0.05) is 12.1 Å². The lowest BCUT2D eigenvalue weighted by molar-refractivity contribution is -0.130. The standard InChI is InChI=1S/C29H35N9O2/c1-19-28(20(2)38-29(30-19)31-21(3)34-38)40-26-11-12-37(18-26)25-8-5-23(6-9-25)27-10-7-24(32-33-27)17-35-13-15-36(16-14-35)22(4)39/h5-10,26H,11-18H2,1-4H3. The maximum absolute atomic E-state index is 11.5. The van der Waals surface area contributed by atoms with Gasteiger partial charge in [0.1, 0.15) is 11.9 Å². The van der Waals surface area contributed by atoms with Crippen LogP contribution in [0.25, 0.3) is 17.0 Å². The lowest BCUT2D eigenvalue weighted by atomic mass is 10.1. The molecule has 40 heavy (non-hydrogen) atoms. The predicted molar refractivity (Wildman–Crippen MR) is 151 cm³/mol. The van der Waals surface area contributed by atoms with Crippen molar-refractivity contribution in [2.24, 2.45) is 0 Å². The Balaban J connectivity index is 1.06. The van der Waals surface area contributed by atoms with Crippen molar-refractivity contribution in [2.45, 2.75) is 46.8 Å². The Bertz CT molecular complexity index is 1510. The number of anilines is 1. The van der Waals surface area contributed by atoms with E-state index >= 15 is 0 Å². The van der Waals surface area contributed by atoms with Crippen molar-refractivity contribution in [3.05, 3.63) is 59.3 Å². The van der Waals surface area contributed by atoms with Gasteiger partial charge in [0.25, 0.3) is 5.78 Å². The molecule has 4 aromatic rings. The molecular formula is C29H35N9O2. The van der Waals surface area contributed by atoms with Crippen LogP contribution in [0.5, 0.6) is 5.75 Å². The topological polar surface area (TPSA) is 105 Å². The molecule has 1 aromatic carbocycles. The number of rotatable bonds is 6. The third-order valence-corrected chi connectivity index (χ3v) is 7.82. The summed E-state index contributed by atoms with van der Waals surface area (Å²) in [4.78, 5) is 27.1. The molecule has 0 radical (unpaired) electrons. The third-order valence-electron chi connectivity index (χ3n) is 7.82. The van der Waals surface area contributed by atoms with Crippen LogP contribution in [0.3, 0.4) is 0 Å². The highest BCUT2D eigenvalue weighted by molar-refractivity contribution is 5.73. The zero-order valence-corrected chi connectivity index (χ0v) is 23.5. The van der Waals surface area contributed by atoms with Crippen molar-refractivity contribution in [3.8, 4) is 17.0 Å². The minimum atomic E-state index is 0.0739. The molecule has 0 N–H and O–H groups in total. The van der Waals surface area contributed by atoms with E-state index in [0.29, 0.717) is 11.6 Å². The lowest BCUT2D eigenvalue weighted by Crippen LogP contribution is -2.47.